The van der Waals surface area contributed by atoms with Gasteiger partial charge in [0.15, 0.2) is 0 Å². The quantitative estimate of drug-likeness (QED) is 0.518. The maximum absolute atomic E-state index is 14.0. The van der Waals surface area contributed by atoms with E-state index in [-0.39, 0.29) is 16.9 Å². The van der Waals surface area contributed by atoms with Gasteiger partial charge in [-0.25, -0.2) is 13.2 Å². The van der Waals surface area contributed by atoms with E-state index in [0.717, 1.165) is 5.56 Å². The molecule has 3 aromatic rings. The van der Waals surface area contributed by atoms with Crippen LogP contribution < -0.4 is 4.74 Å². The van der Waals surface area contributed by atoms with Gasteiger partial charge in [-0.1, -0.05) is 60.1 Å². The molecule has 0 bridgehead atoms. The van der Waals surface area contributed by atoms with Crippen molar-refractivity contribution in [1.82, 2.24) is 4.31 Å². The Kier molecular flexibility index (Phi) is 6.56. The number of hydrogen-bond acceptors (Lipinski definition) is 4. The van der Waals surface area contributed by atoms with E-state index >= 15 is 0 Å². The maximum atomic E-state index is 14.0. The number of aliphatic carboxylic acids is 1. The first-order chi connectivity index (χ1) is 15.8. The molecular formula is C25H22ClNO5S. The predicted octanol–water partition coefficient (Wildman–Crippen LogP) is 5.24. The molecule has 4 rings (SSSR count). The van der Waals surface area contributed by atoms with Crippen molar-refractivity contribution in [2.24, 2.45) is 0 Å². The number of nitrogens with zero attached hydrogens (tertiary/aromatic N) is 1. The van der Waals surface area contributed by atoms with Crippen LogP contribution >= 0.6 is 11.6 Å². The van der Waals surface area contributed by atoms with Gasteiger partial charge >= 0.3 is 5.97 Å². The zero-order valence-electron chi connectivity index (χ0n) is 17.8. The SMILES string of the molecule is COc1ccc([C@@H]2CC=C(C(=O)O)[C@H](c3ccc(Cl)cc3)N2S(=O)(=O)c2ccccc2)cc1. The van der Waals surface area contributed by atoms with Gasteiger partial charge in [0.1, 0.15) is 5.75 Å². The number of hydrogen-bond donors (Lipinski definition) is 1. The lowest BCUT2D eigenvalue weighted by Crippen LogP contribution is -2.42. The standard InChI is InChI=1S/C25H22ClNO5S/c1-32-20-13-9-17(10-14-20)23-16-15-22(25(28)29)24(18-7-11-19(26)12-8-18)27(23)33(30,31)21-5-3-2-4-6-21/h2-15,23-24H,16H2,1H3,(H,28,29)/t23-,24-/m0/s1. The first-order valence-corrected chi connectivity index (χ1v) is 12.1. The van der Waals surface area contributed by atoms with Crippen LogP contribution in [0, 0.1) is 0 Å². The van der Waals surface area contributed by atoms with E-state index in [1.807, 2.05) is 0 Å². The van der Waals surface area contributed by atoms with Crippen LogP contribution in [0.3, 0.4) is 0 Å². The minimum Gasteiger partial charge on any atom is -0.497 e. The molecule has 0 unspecified atom stereocenters. The van der Waals surface area contributed by atoms with E-state index in [1.54, 1.807) is 79.9 Å². The van der Waals surface area contributed by atoms with Crippen LogP contribution in [0.25, 0.3) is 0 Å². The van der Waals surface area contributed by atoms with Gasteiger partial charge in [0.05, 0.1) is 29.7 Å². The molecule has 33 heavy (non-hydrogen) atoms. The molecule has 6 nitrogen and oxygen atoms in total. The van der Waals surface area contributed by atoms with Crippen molar-refractivity contribution in [3.8, 4) is 5.75 Å². The van der Waals surface area contributed by atoms with Gasteiger partial charge in [-0.3, -0.25) is 0 Å². The molecule has 1 aliphatic heterocycles. The van der Waals surface area contributed by atoms with Gasteiger partial charge in [0, 0.05) is 5.02 Å². The van der Waals surface area contributed by atoms with E-state index in [4.69, 9.17) is 16.3 Å². The Morgan fingerprint density at radius 2 is 1.58 bits per heavy atom. The minimum absolute atomic E-state index is 0.00147. The molecule has 0 aliphatic carbocycles. The number of carbonyl (C=O) groups is 1. The number of ether oxygens (including phenoxy) is 1. The third-order valence-corrected chi connectivity index (χ3v) is 7.81. The number of rotatable bonds is 6. The van der Waals surface area contributed by atoms with Crippen molar-refractivity contribution in [2.75, 3.05) is 7.11 Å². The van der Waals surface area contributed by atoms with Crippen LogP contribution in [0.5, 0.6) is 5.75 Å². The van der Waals surface area contributed by atoms with Crippen LogP contribution in [-0.2, 0) is 14.8 Å². The molecule has 0 saturated heterocycles. The summed E-state index contributed by atoms with van der Waals surface area (Å²) in [5.74, 6) is -0.528. The Morgan fingerprint density at radius 3 is 2.15 bits per heavy atom. The van der Waals surface area contributed by atoms with Crippen molar-refractivity contribution in [3.63, 3.8) is 0 Å². The smallest absolute Gasteiger partial charge is 0.333 e. The summed E-state index contributed by atoms with van der Waals surface area (Å²) >= 11 is 6.05. The largest absolute Gasteiger partial charge is 0.497 e. The molecule has 0 fully saturated rings. The highest BCUT2D eigenvalue weighted by atomic mass is 35.5. The molecule has 1 heterocycles. The third-order valence-electron chi connectivity index (χ3n) is 5.67. The molecule has 1 N–H and O–H groups in total. The number of benzene rings is 3. The molecule has 2 atom stereocenters. The van der Waals surface area contributed by atoms with Crippen molar-refractivity contribution in [2.45, 2.75) is 23.4 Å². The average Bonchev–Trinajstić information content (AvgIpc) is 2.84. The molecule has 0 radical (unpaired) electrons. The van der Waals surface area contributed by atoms with Crippen LogP contribution in [0.1, 0.15) is 29.6 Å². The van der Waals surface area contributed by atoms with Gasteiger partial charge in [-0.2, -0.15) is 4.31 Å². The van der Waals surface area contributed by atoms with E-state index in [1.165, 1.54) is 16.4 Å². The number of sulfonamides is 1. The molecule has 8 heteroatoms. The summed E-state index contributed by atoms with van der Waals surface area (Å²) < 4.78 is 34.5. The molecule has 0 amide bonds. The van der Waals surface area contributed by atoms with Gasteiger partial charge in [0.25, 0.3) is 0 Å². The monoisotopic (exact) mass is 483 g/mol. The fraction of sp³-hybridized carbons (Fsp3) is 0.160. The normalized spacial score (nSPS) is 19.0. The van der Waals surface area contributed by atoms with Gasteiger partial charge in [0.2, 0.25) is 10.0 Å². The highest BCUT2D eigenvalue weighted by molar-refractivity contribution is 7.89. The van der Waals surface area contributed by atoms with E-state index < -0.39 is 28.1 Å². The van der Waals surface area contributed by atoms with Gasteiger partial charge in [-0.05, 0) is 53.9 Å². The average molecular weight is 484 g/mol. The Bertz CT molecular complexity index is 1270. The Labute approximate surface area is 197 Å². The lowest BCUT2D eigenvalue weighted by atomic mass is 9.89. The fourth-order valence-electron chi connectivity index (χ4n) is 4.08. The van der Waals surface area contributed by atoms with E-state index in [9.17, 15) is 18.3 Å². The molecule has 1 aliphatic rings. The second kappa shape index (κ2) is 9.39. The number of methoxy groups -OCH3 is 1. The van der Waals surface area contributed by atoms with Crippen LogP contribution in [-0.4, -0.2) is 30.9 Å². The lowest BCUT2D eigenvalue weighted by molar-refractivity contribution is -0.133. The maximum Gasteiger partial charge on any atom is 0.333 e. The predicted molar refractivity (Wildman–Crippen MR) is 126 cm³/mol. The van der Waals surface area contributed by atoms with Crippen molar-refractivity contribution >= 4 is 27.6 Å². The summed E-state index contributed by atoms with van der Waals surface area (Å²) in [6, 6.07) is 20.1. The Hall–Kier alpha value is -3.13. The highest BCUT2D eigenvalue weighted by Gasteiger charge is 2.44. The highest BCUT2D eigenvalue weighted by Crippen LogP contribution is 2.45. The van der Waals surface area contributed by atoms with Crippen molar-refractivity contribution < 1.29 is 23.1 Å². The lowest BCUT2D eigenvalue weighted by Gasteiger charge is -2.40. The van der Waals surface area contributed by atoms with Crippen molar-refractivity contribution in [3.05, 3.63) is 107 Å². The first kappa shape index (κ1) is 23.0. The van der Waals surface area contributed by atoms with Gasteiger partial charge in [-0.15, -0.1) is 0 Å². The summed E-state index contributed by atoms with van der Waals surface area (Å²) in [6.07, 6.45) is 1.82. The van der Waals surface area contributed by atoms with Gasteiger partial charge < -0.3 is 9.84 Å². The summed E-state index contributed by atoms with van der Waals surface area (Å²) in [7, 11) is -2.53. The number of halogens is 1. The second-order valence-corrected chi connectivity index (χ2v) is 9.87. The summed E-state index contributed by atoms with van der Waals surface area (Å²) in [4.78, 5) is 12.3. The molecule has 3 aromatic carbocycles. The summed E-state index contributed by atoms with van der Waals surface area (Å²) in [6.45, 7) is 0. The van der Waals surface area contributed by atoms with E-state index in [2.05, 4.69) is 0 Å². The summed E-state index contributed by atoms with van der Waals surface area (Å²) in [5, 5.41) is 10.4. The van der Waals surface area contributed by atoms with Crippen molar-refractivity contribution in [1.29, 1.82) is 0 Å². The molecule has 170 valence electrons. The molecule has 0 spiro atoms. The summed E-state index contributed by atoms with van der Waals surface area (Å²) in [5.41, 5.74) is 1.25. The Morgan fingerprint density at radius 1 is 0.970 bits per heavy atom. The topological polar surface area (TPSA) is 83.9 Å². The Balaban J connectivity index is 1.94. The molecule has 0 aromatic heterocycles. The van der Waals surface area contributed by atoms with Crippen LogP contribution in [0.4, 0.5) is 0 Å². The minimum atomic E-state index is -4.08. The number of carboxylic acids is 1. The van der Waals surface area contributed by atoms with Crippen LogP contribution in [0.2, 0.25) is 5.02 Å². The molecular weight excluding hydrogens is 462 g/mol. The zero-order valence-corrected chi connectivity index (χ0v) is 19.3. The zero-order chi connectivity index (χ0) is 23.6. The molecule has 0 saturated carbocycles. The fourth-order valence-corrected chi connectivity index (χ4v) is 6.00. The third kappa shape index (κ3) is 4.53. The second-order valence-electron chi connectivity index (χ2n) is 7.59. The van der Waals surface area contributed by atoms with E-state index in [0.29, 0.717) is 16.3 Å². The first-order valence-electron chi connectivity index (χ1n) is 10.2. The number of carboxylic acid groups (broad SMARTS) is 1. The van der Waals surface area contributed by atoms with Crippen LogP contribution in [0.15, 0.2) is 95.4 Å².